The lowest BCUT2D eigenvalue weighted by Gasteiger charge is -2.19. The van der Waals surface area contributed by atoms with Crippen LogP contribution in [0, 0.1) is 5.92 Å². The lowest BCUT2D eigenvalue weighted by atomic mass is 9.99. The zero-order chi connectivity index (χ0) is 12.5. The standard InChI is InChI=1S/C13H14ClN3O/c14-11-4-2-1-3-10(11)13-15-12-7-9(8-18)5-6-17(12)16-13/h1-4,9,18H,5-8H2. The third-order valence-electron chi connectivity index (χ3n) is 3.34. The smallest absolute Gasteiger partial charge is 0.182 e. The second-order valence-corrected chi connectivity index (χ2v) is 5.00. The molecule has 94 valence electrons. The number of nitrogens with zero attached hydrogens (tertiary/aromatic N) is 3. The van der Waals surface area contributed by atoms with Crippen molar-refractivity contribution in [2.45, 2.75) is 19.4 Å². The van der Waals surface area contributed by atoms with Gasteiger partial charge in [0, 0.05) is 25.1 Å². The monoisotopic (exact) mass is 263 g/mol. The molecule has 3 rings (SSSR count). The first-order valence-corrected chi connectivity index (χ1v) is 6.45. The van der Waals surface area contributed by atoms with E-state index in [0.29, 0.717) is 16.8 Å². The molecule has 0 spiro atoms. The molecule has 0 aliphatic carbocycles. The number of aliphatic hydroxyl groups excluding tert-OH is 1. The molecule has 0 bridgehead atoms. The number of fused-ring (bicyclic) bond motifs is 1. The molecule has 1 aromatic heterocycles. The first-order valence-electron chi connectivity index (χ1n) is 6.07. The number of aliphatic hydroxyl groups is 1. The molecule has 1 aliphatic heterocycles. The zero-order valence-corrected chi connectivity index (χ0v) is 10.6. The first kappa shape index (κ1) is 11.7. The van der Waals surface area contributed by atoms with Crippen LogP contribution in [0.4, 0.5) is 0 Å². The highest BCUT2D eigenvalue weighted by molar-refractivity contribution is 6.33. The van der Waals surface area contributed by atoms with Crippen LogP contribution in [0.5, 0.6) is 0 Å². The van der Waals surface area contributed by atoms with Crippen LogP contribution in [0.25, 0.3) is 11.4 Å². The average Bonchev–Trinajstić information content (AvgIpc) is 2.81. The molecule has 1 atom stereocenters. The van der Waals surface area contributed by atoms with Crippen molar-refractivity contribution in [2.24, 2.45) is 5.92 Å². The predicted molar refractivity (Wildman–Crippen MR) is 69.4 cm³/mol. The largest absolute Gasteiger partial charge is 0.396 e. The normalized spacial score (nSPS) is 18.7. The third-order valence-corrected chi connectivity index (χ3v) is 3.67. The fraction of sp³-hybridized carbons (Fsp3) is 0.385. The van der Waals surface area contributed by atoms with Crippen LogP contribution in [0.1, 0.15) is 12.2 Å². The predicted octanol–water partition coefficient (Wildman–Crippen LogP) is 2.15. The van der Waals surface area contributed by atoms with Crippen LogP contribution in [0.15, 0.2) is 24.3 Å². The van der Waals surface area contributed by atoms with Crippen LogP contribution >= 0.6 is 11.6 Å². The van der Waals surface area contributed by atoms with Gasteiger partial charge in [-0.05, 0) is 24.5 Å². The maximum Gasteiger partial charge on any atom is 0.182 e. The van der Waals surface area contributed by atoms with Crippen molar-refractivity contribution in [1.82, 2.24) is 14.8 Å². The Morgan fingerprint density at radius 2 is 2.22 bits per heavy atom. The number of rotatable bonds is 2. The molecule has 4 nitrogen and oxygen atoms in total. The van der Waals surface area contributed by atoms with E-state index in [-0.39, 0.29) is 6.61 Å². The van der Waals surface area contributed by atoms with Gasteiger partial charge in [0.15, 0.2) is 5.82 Å². The van der Waals surface area contributed by atoms with Crippen LogP contribution in [0.3, 0.4) is 0 Å². The molecule has 1 N–H and O–H groups in total. The summed E-state index contributed by atoms with van der Waals surface area (Å²) in [4.78, 5) is 4.54. The van der Waals surface area contributed by atoms with E-state index in [1.807, 2.05) is 28.9 Å². The molecule has 18 heavy (non-hydrogen) atoms. The summed E-state index contributed by atoms with van der Waals surface area (Å²) < 4.78 is 1.92. The highest BCUT2D eigenvalue weighted by Crippen LogP contribution is 2.27. The van der Waals surface area contributed by atoms with Crippen LogP contribution in [-0.4, -0.2) is 26.5 Å². The van der Waals surface area contributed by atoms with Crippen LogP contribution < -0.4 is 0 Å². The van der Waals surface area contributed by atoms with Crippen molar-refractivity contribution in [3.63, 3.8) is 0 Å². The topological polar surface area (TPSA) is 50.9 Å². The maximum atomic E-state index is 9.21. The molecule has 0 radical (unpaired) electrons. The average molecular weight is 264 g/mol. The summed E-state index contributed by atoms with van der Waals surface area (Å²) in [6, 6.07) is 7.59. The van der Waals surface area contributed by atoms with Gasteiger partial charge in [-0.3, -0.25) is 0 Å². The van der Waals surface area contributed by atoms with Crippen LogP contribution in [-0.2, 0) is 13.0 Å². The Hall–Kier alpha value is -1.39. The van der Waals surface area contributed by atoms with Crippen LogP contribution in [0.2, 0.25) is 5.02 Å². The van der Waals surface area contributed by atoms with E-state index >= 15 is 0 Å². The minimum absolute atomic E-state index is 0.217. The summed E-state index contributed by atoms with van der Waals surface area (Å²) in [6.07, 6.45) is 1.74. The molecule has 0 fully saturated rings. The van der Waals surface area contributed by atoms with E-state index in [0.717, 1.165) is 30.8 Å². The molecule has 0 saturated carbocycles. The summed E-state index contributed by atoms with van der Waals surface area (Å²) in [5.41, 5.74) is 0.863. The van der Waals surface area contributed by atoms with E-state index in [4.69, 9.17) is 11.6 Å². The quantitative estimate of drug-likeness (QED) is 0.903. The number of hydrogen-bond donors (Lipinski definition) is 1. The summed E-state index contributed by atoms with van der Waals surface area (Å²) in [5, 5.41) is 14.4. The van der Waals surface area contributed by atoms with Gasteiger partial charge in [0.05, 0.1) is 5.02 Å². The van der Waals surface area contributed by atoms with E-state index in [2.05, 4.69) is 10.1 Å². The first-order chi connectivity index (χ1) is 8.78. The molecular weight excluding hydrogens is 250 g/mol. The fourth-order valence-corrected chi connectivity index (χ4v) is 2.50. The zero-order valence-electron chi connectivity index (χ0n) is 9.88. The highest BCUT2D eigenvalue weighted by Gasteiger charge is 2.22. The van der Waals surface area contributed by atoms with Gasteiger partial charge in [-0.15, -0.1) is 0 Å². The van der Waals surface area contributed by atoms with E-state index in [1.165, 1.54) is 0 Å². The summed E-state index contributed by atoms with van der Waals surface area (Å²) in [5.74, 6) is 1.92. The minimum atomic E-state index is 0.217. The van der Waals surface area contributed by atoms with Gasteiger partial charge in [-0.1, -0.05) is 23.7 Å². The number of halogens is 1. The van der Waals surface area contributed by atoms with E-state index in [1.54, 1.807) is 0 Å². The maximum absolute atomic E-state index is 9.21. The number of hydrogen-bond acceptors (Lipinski definition) is 3. The van der Waals surface area contributed by atoms with Gasteiger partial charge in [-0.2, -0.15) is 5.10 Å². The number of aryl methyl sites for hydroxylation is 1. The van der Waals surface area contributed by atoms with Crippen molar-refractivity contribution < 1.29 is 5.11 Å². The Morgan fingerprint density at radius 3 is 3.00 bits per heavy atom. The Labute approximate surface area is 110 Å². The van der Waals surface area contributed by atoms with Crippen molar-refractivity contribution in [3.05, 3.63) is 35.1 Å². The van der Waals surface area contributed by atoms with Gasteiger partial charge in [0.2, 0.25) is 0 Å². The van der Waals surface area contributed by atoms with Crippen molar-refractivity contribution in [2.75, 3.05) is 6.61 Å². The second-order valence-electron chi connectivity index (χ2n) is 4.60. The van der Waals surface area contributed by atoms with Gasteiger partial charge >= 0.3 is 0 Å². The lowest BCUT2D eigenvalue weighted by molar-refractivity contribution is 0.196. The van der Waals surface area contributed by atoms with Gasteiger partial charge < -0.3 is 5.11 Å². The van der Waals surface area contributed by atoms with Crippen molar-refractivity contribution in [1.29, 1.82) is 0 Å². The summed E-state index contributed by atoms with van der Waals surface area (Å²) in [7, 11) is 0. The molecule has 1 aliphatic rings. The number of benzene rings is 1. The SMILES string of the molecule is OCC1CCn2nc(-c3ccccc3Cl)nc2C1. The Kier molecular flexibility index (Phi) is 3.06. The van der Waals surface area contributed by atoms with Crippen molar-refractivity contribution in [3.8, 4) is 11.4 Å². The fourth-order valence-electron chi connectivity index (χ4n) is 2.28. The second kappa shape index (κ2) is 4.71. The molecule has 0 amide bonds. The van der Waals surface area contributed by atoms with Crippen molar-refractivity contribution >= 4 is 11.6 Å². The molecule has 0 saturated heterocycles. The summed E-state index contributed by atoms with van der Waals surface area (Å²) in [6.45, 7) is 1.03. The third kappa shape index (κ3) is 2.02. The molecule has 2 heterocycles. The van der Waals surface area contributed by atoms with E-state index < -0.39 is 0 Å². The molecule has 1 unspecified atom stereocenters. The Balaban J connectivity index is 1.97. The van der Waals surface area contributed by atoms with E-state index in [9.17, 15) is 5.11 Å². The lowest BCUT2D eigenvalue weighted by Crippen LogP contribution is -2.22. The Morgan fingerprint density at radius 1 is 1.39 bits per heavy atom. The van der Waals surface area contributed by atoms with Gasteiger partial charge in [-0.25, -0.2) is 9.67 Å². The van der Waals surface area contributed by atoms with Gasteiger partial charge in [0.25, 0.3) is 0 Å². The number of aromatic nitrogens is 3. The molecule has 1 aromatic carbocycles. The molecule has 5 heteroatoms. The van der Waals surface area contributed by atoms with Gasteiger partial charge in [0.1, 0.15) is 5.82 Å². The highest BCUT2D eigenvalue weighted by atomic mass is 35.5. The minimum Gasteiger partial charge on any atom is -0.396 e. The Bertz CT molecular complexity index is 567. The summed E-state index contributed by atoms with van der Waals surface area (Å²) >= 11 is 6.15. The molecule has 2 aromatic rings. The molecular formula is C13H14ClN3O.